The minimum absolute atomic E-state index is 0.00870. The Kier molecular flexibility index (Phi) is 4.04. The van der Waals surface area contributed by atoms with Crippen molar-refractivity contribution in [1.82, 2.24) is 4.90 Å². The minimum atomic E-state index is -0.600. The number of amides is 2. The van der Waals surface area contributed by atoms with Crippen LogP contribution in [0, 0.1) is 0 Å². The van der Waals surface area contributed by atoms with E-state index in [-0.39, 0.29) is 12.6 Å². The predicted octanol–water partition coefficient (Wildman–Crippen LogP) is 2.47. The van der Waals surface area contributed by atoms with Crippen molar-refractivity contribution in [3.63, 3.8) is 0 Å². The van der Waals surface area contributed by atoms with E-state index < -0.39 is 6.09 Å². The number of nitrogens with one attached hydrogen (secondary N) is 1. The summed E-state index contributed by atoms with van der Waals surface area (Å²) in [5.74, 6) is 0.0190. The van der Waals surface area contributed by atoms with E-state index >= 15 is 0 Å². The van der Waals surface area contributed by atoms with Gasteiger partial charge in [0.1, 0.15) is 0 Å². The van der Waals surface area contributed by atoms with Gasteiger partial charge in [-0.15, -0.1) is 0 Å². The Balaban J connectivity index is 1.80. The third-order valence-corrected chi connectivity index (χ3v) is 2.83. The van der Waals surface area contributed by atoms with Crippen LogP contribution in [0.25, 0.3) is 0 Å². The van der Waals surface area contributed by atoms with E-state index in [0.717, 1.165) is 6.42 Å². The summed E-state index contributed by atoms with van der Waals surface area (Å²) in [6.07, 6.45) is 0.745. The second-order valence-electron chi connectivity index (χ2n) is 3.96. The lowest BCUT2D eigenvalue weighted by atomic mass is 10.3. The van der Waals surface area contributed by atoms with Crippen LogP contribution in [-0.2, 0) is 9.53 Å². The number of hydrogen-bond acceptors (Lipinski definition) is 3. The fourth-order valence-corrected chi connectivity index (χ4v) is 1.89. The summed E-state index contributed by atoms with van der Waals surface area (Å²) in [5, 5.41) is 3.07. The van der Waals surface area contributed by atoms with Crippen LogP contribution in [0.4, 0.5) is 10.5 Å². The van der Waals surface area contributed by atoms with Gasteiger partial charge in [0.15, 0.2) is 6.73 Å². The molecule has 1 aromatic carbocycles. The number of nitrogens with zero attached hydrogens (tertiary/aromatic N) is 1. The van der Waals surface area contributed by atoms with Crippen molar-refractivity contribution in [3.8, 4) is 0 Å². The number of carbonyl (C=O) groups excluding carboxylic acids is 2. The molecule has 5 nitrogen and oxygen atoms in total. The lowest BCUT2D eigenvalue weighted by molar-refractivity contribution is -0.130. The molecule has 2 amide bonds. The summed E-state index contributed by atoms with van der Waals surface area (Å²) in [7, 11) is 0. The van der Waals surface area contributed by atoms with Crippen molar-refractivity contribution < 1.29 is 14.3 Å². The van der Waals surface area contributed by atoms with Crippen LogP contribution in [0.3, 0.4) is 0 Å². The second-order valence-corrected chi connectivity index (χ2v) is 4.39. The summed E-state index contributed by atoms with van der Waals surface area (Å²) in [5.41, 5.74) is 0.556. The summed E-state index contributed by atoms with van der Waals surface area (Å²) in [4.78, 5) is 24.3. The number of ether oxygens (including phenoxy) is 1. The van der Waals surface area contributed by atoms with Gasteiger partial charge >= 0.3 is 6.09 Å². The quantitative estimate of drug-likeness (QED) is 0.916. The van der Waals surface area contributed by atoms with Crippen molar-refractivity contribution in [3.05, 3.63) is 29.3 Å². The van der Waals surface area contributed by atoms with Gasteiger partial charge in [0.2, 0.25) is 5.91 Å². The Labute approximate surface area is 110 Å². The van der Waals surface area contributed by atoms with Crippen molar-refractivity contribution in [2.24, 2.45) is 0 Å². The average Bonchev–Trinajstić information content (AvgIpc) is 2.72. The van der Waals surface area contributed by atoms with Crippen LogP contribution in [0.2, 0.25) is 5.02 Å². The highest BCUT2D eigenvalue weighted by Gasteiger charge is 2.20. The lowest BCUT2D eigenvalue weighted by Crippen LogP contribution is -2.30. The maximum absolute atomic E-state index is 11.5. The zero-order valence-corrected chi connectivity index (χ0v) is 10.4. The maximum Gasteiger partial charge on any atom is 0.413 e. The van der Waals surface area contributed by atoms with E-state index in [1.807, 2.05) is 0 Å². The molecule has 0 bridgehead atoms. The van der Waals surface area contributed by atoms with Crippen LogP contribution < -0.4 is 5.32 Å². The molecule has 96 valence electrons. The average molecular weight is 269 g/mol. The number of halogens is 1. The number of hydrogen-bond donors (Lipinski definition) is 1. The Bertz CT molecular complexity index is 464. The first kappa shape index (κ1) is 12.7. The molecular formula is C12H13ClN2O3. The largest absolute Gasteiger partial charge is 0.428 e. The third kappa shape index (κ3) is 3.37. The molecule has 0 spiro atoms. The molecule has 1 fully saturated rings. The van der Waals surface area contributed by atoms with E-state index in [1.165, 1.54) is 4.90 Å². The molecule has 0 radical (unpaired) electrons. The van der Waals surface area contributed by atoms with E-state index in [0.29, 0.717) is 23.7 Å². The molecule has 1 N–H and O–H groups in total. The normalized spacial score (nSPS) is 14.7. The highest BCUT2D eigenvalue weighted by atomic mass is 35.5. The fourth-order valence-electron chi connectivity index (χ4n) is 1.70. The van der Waals surface area contributed by atoms with Crippen molar-refractivity contribution >= 4 is 29.3 Å². The highest BCUT2D eigenvalue weighted by Crippen LogP contribution is 2.15. The Morgan fingerprint density at radius 1 is 1.50 bits per heavy atom. The zero-order valence-electron chi connectivity index (χ0n) is 9.69. The van der Waals surface area contributed by atoms with Crippen LogP contribution in [0.15, 0.2) is 24.3 Å². The summed E-state index contributed by atoms with van der Waals surface area (Å²) in [6.45, 7) is 0.633. The van der Waals surface area contributed by atoms with Gasteiger partial charge in [-0.25, -0.2) is 4.79 Å². The van der Waals surface area contributed by atoms with Gasteiger partial charge in [0.25, 0.3) is 0 Å². The Morgan fingerprint density at radius 3 is 3.00 bits per heavy atom. The predicted molar refractivity (Wildman–Crippen MR) is 67.4 cm³/mol. The van der Waals surface area contributed by atoms with Crippen LogP contribution in [-0.4, -0.2) is 30.2 Å². The van der Waals surface area contributed by atoms with E-state index in [9.17, 15) is 9.59 Å². The Hall–Kier alpha value is -1.75. The number of carbonyl (C=O) groups is 2. The second kappa shape index (κ2) is 5.73. The zero-order chi connectivity index (χ0) is 13.0. The first-order valence-corrected chi connectivity index (χ1v) is 6.00. The number of anilines is 1. The SMILES string of the molecule is O=C(Nc1cccc(Cl)c1)OCN1CCCC1=O. The van der Waals surface area contributed by atoms with E-state index in [1.54, 1.807) is 24.3 Å². The van der Waals surface area contributed by atoms with Crippen LogP contribution in [0.5, 0.6) is 0 Å². The Morgan fingerprint density at radius 2 is 2.33 bits per heavy atom. The molecule has 6 heteroatoms. The summed E-state index contributed by atoms with van der Waals surface area (Å²) in [6, 6.07) is 6.75. The molecule has 0 aliphatic carbocycles. The lowest BCUT2D eigenvalue weighted by Gasteiger charge is -2.15. The van der Waals surface area contributed by atoms with Gasteiger partial charge in [-0.2, -0.15) is 0 Å². The summed E-state index contributed by atoms with van der Waals surface area (Å²) >= 11 is 5.78. The molecule has 1 aliphatic heterocycles. The van der Waals surface area contributed by atoms with E-state index in [4.69, 9.17) is 16.3 Å². The van der Waals surface area contributed by atoms with Gasteiger partial charge in [-0.05, 0) is 24.6 Å². The standard InChI is InChI=1S/C12H13ClN2O3/c13-9-3-1-4-10(7-9)14-12(17)18-8-15-6-2-5-11(15)16/h1,3-4,7H,2,5-6,8H2,(H,14,17). The minimum Gasteiger partial charge on any atom is -0.428 e. The molecule has 1 heterocycles. The van der Waals surface area contributed by atoms with Gasteiger partial charge in [0.05, 0.1) is 0 Å². The maximum atomic E-state index is 11.5. The van der Waals surface area contributed by atoms with Crippen LogP contribution in [0.1, 0.15) is 12.8 Å². The molecule has 0 aromatic heterocycles. The van der Waals surface area contributed by atoms with Crippen molar-refractivity contribution in [2.45, 2.75) is 12.8 Å². The smallest absolute Gasteiger partial charge is 0.413 e. The first-order valence-electron chi connectivity index (χ1n) is 5.62. The van der Waals surface area contributed by atoms with Gasteiger partial charge in [-0.3, -0.25) is 10.1 Å². The first-order chi connectivity index (χ1) is 8.65. The number of likely N-dealkylation sites (tertiary alicyclic amines) is 1. The fraction of sp³-hybridized carbons (Fsp3) is 0.333. The van der Waals surface area contributed by atoms with Crippen molar-refractivity contribution in [2.75, 3.05) is 18.6 Å². The number of rotatable bonds is 3. The molecule has 1 aliphatic rings. The molecule has 1 aromatic rings. The molecule has 1 saturated heterocycles. The molecule has 0 unspecified atom stereocenters. The molecule has 0 atom stereocenters. The van der Waals surface area contributed by atoms with Gasteiger partial charge in [-0.1, -0.05) is 17.7 Å². The topological polar surface area (TPSA) is 58.6 Å². The van der Waals surface area contributed by atoms with Gasteiger partial charge in [0, 0.05) is 23.7 Å². The highest BCUT2D eigenvalue weighted by molar-refractivity contribution is 6.30. The third-order valence-electron chi connectivity index (χ3n) is 2.59. The molecule has 0 saturated carbocycles. The summed E-state index contributed by atoms with van der Waals surface area (Å²) < 4.78 is 4.95. The number of benzene rings is 1. The van der Waals surface area contributed by atoms with E-state index in [2.05, 4.69) is 5.32 Å². The molecule has 2 rings (SSSR count). The van der Waals surface area contributed by atoms with Gasteiger partial charge < -0.3 is 9.64 Å². The molecule has 18 heavy (non-hydrogen) atoms. The molecular weight excluding hydrogens is 256 g/mol. The van der Waals surface area contributed by atoms with Crippen molar-refractivity contribution in [1.29, 1.82) is 0 Å². The monoisotopic (exact) mass is 268 g/mol. The van der Waals surface area contributed by atoms with Crippen LogP contribution >= 0.6 is 11.6 Å².